The second-order valence-corrected chi connectivity index (χ2v) is 6.57. The molecular weight excluding hydrogens is 413 g/mol. The Morgan fingerprint density at radius 2 is 1.71 bits per heavy atom. The second-order valence-electron chi connectivity index (χ2n) is 4.61. The lowest BCUT2D eigenvalue weighted by Gasteiger charge is -2.15. The van der Waals surface area contributed by atoms with Crippen LogP contribution in [0, 0.1) is 0 Å². The molecule has 1 unspecified atom stereocenters. The third kappa shape index (κ3) is 4.69. The van der Waals surface area contributed by atoms with E-state index in [0.29, 0.717) is 6.42 Å². The maximum atomic E-state index is 12.0. The quantitative estimate of drug-likeness (QED) is 0.421. The van der Waals surface area contributed by atoms with Gasteiger partial charge >= 0.3 is 6.18 Å². The molecule has 0 aromatic heterocycles. The SMILES string of the molecule is FC(F)(F)COCCC(Br)c1ccc(Br)c2ccccc12. The van der Waals surface area contributed by atoms with Crippen LogP contribution in [-0.4, -0.2) is 19.4 Å². The number of hydrogen-bond donors (Lipinski definition) is 0. The smallest absolute Gasteiger partial charge is 0.372 e. The Bertz CT molecular complexity index is 613. The van der Waals surface area contributed by atoms with E-state index in [-0.39, 0.29) is 11.4 Å². The molecule has 2 rings (SSSR count). The summed E-state index contributed by atoms with van der Waals surface area (Å²) in [6, 6.07) is 11.8. The monoisotopic (exact) mass is 424 g/mol. The maximum Gasteiger partial charge on any atom is 0.411 e. The minimum Gasteiger partial charge on any atom is -0.372 e. The van der Waals surface area contributed by atoms with E-state index >= 15 is 0 Å². The van der Waals surface area contributed by atoms with E-state index in [4.69, 9.17) is 0 Å². The maximum absolute atomic E-state index is 12.0. The molecule has 0 N–H and O–H groups in total. The zero-order chi connectivity index (χ0) is 15.5. The molecule has 21 heavy (non-hydrogen) atoms. The van der Waals surface area contributed by atoms with Crippen molar-refractivity contribution in [3.63, 3.8) is 0 Å². The molecule has 0 saturated heterocycles. The van der Waals surface area contributed by atoms with Crippen molar-refractivity contribution in [2.75, 3.05) is 13.2 Å². The van der Waals surface area contributed by atoms with Gasteiger partial charge in [-0.05, 0) is 28.8 Å². The molecular formula is C15H13Br2F3O. The largest absolute Gasteiger partial charge is 0.411 e. The minimum atomic E-state index is -4.27. The summed E-state index contributed by atoms with van der Waals surface area (Å²) in [5.74, 6) is 0. The van der Waals surface area contributed by atoms with Crippen molar-refractivity contribution in [1.82, 2.24) is 0 Å². The summed E-state index contributed by atoms with van der Waals surface area (Å²) in [5.41, 5.74) is 1.05. The van der Waals surface area contributed by atoms with Crippen LogP contribution in [0.4, 0.5) is 13.2 Å². The predicted octanol–water partition coefficient (Wildman–Crippen LogP) is 6.01. The molecule has 1 nitrogen and oxygen atoms in total. The molecule has 6 heteroatoms. The second kappa shape index (κ2) is 7.11. The van der Waals surface area contributed by atoms with Crippen LogP contribution < -0.4 is 0 Å². The first-order chi connectivity index (χ1) is 9.88. The highest BCUT2D eigenvalue weighted by atomic mass is 79.9. The standard InChI is InChI=1S/C15H13Br2F3O/c16-13-6-5-12(10-3-1-2-4-11(10)13)14(17)7-8-21-9-15(18,19)20/h1-6,14H,7-9H2. The van der Waals surface area contributed by atoms with Crippen molar-refractivity contribution in [3.05, 3.63) is 46.4 Å². The van der Waals surface area contributed by atoms with E-state index < -0.39 is 12.8 Å². The van der Waals surface area contributed by atoms with Gasteiger partial charge in [-0.2, -0.15) is 13.2 Å². The van der Waals surface area contributed by atoms with Crippen LogP contribution in [0.15, 0.2) is 40.9 Å². The third-order valence-electron chi connectivity index (χ3n) is 3.02. The molecule has 2 aromatic rings. The van der Waals surface area contributed by atoms with Gasteiger partial charge < -0.3 is 4.74 Å². The molecule has 0 aliphatic rings. The zero-order valence-corrected chi connectivity index (χ0v) is 14.1. The van der Waals surface area contributed by atoms with E-state index in [9.17, 15) is 13.2 Å². The van der Waals surface area contributed by atoms with Crippen molar-refractivity contribution in [2.24, 2.45) is 0 Å². The highest BCUT2D eigenvalue weighted by molar-refractivity contribution is 9.10. The molecule has 0 spiro atoms. The van der Waals surface area contributed by atoms with E-state index in [2.05, 4.69) is 36.6 Å². The number of hydrogen-bond acceptors (Lipinski definition) is 1. The van der Waals surface area contributed by atoms with Crippen LogP contribution in [0.5, 0.6) is 0 Å². The summed E-state index contributed by atoms with van der Waals surface area (Å²) in [6.45, 7) is -1.15. The van der Waals surface area contributed by atoms with Gasteiger partial charge in [0.05, 0.1) is 0 Å². The van der Waals surface area contributed by atoms with Crippen molar-refractivity contribution < 1.29 is 17.9 Å². The number of alkyl halides is 4. The molecule has 0 fully saturated rings. The lowest BCUT2D eigenvalue weighted by molar-refractivity contribution is -0.174. The highest BCUT2D eigenvalue weighted by Crippen LogP contribution is 2.35. The van der Waals surface area contributed by atoms with Crippen molar-refractivity contribution in [1.29, 1.82) is 0 Å². The summed E-state index contributed by atoms with van der Waals surface area (Å²) in [7, 11) is 0. The van der Waals surface area contributed by atoms with E-state index in [1.165, 1.54) is 0 Å². The Hall–Kier alpha value is -0.590. The molecule has 0 aliphatic heterocycles. The highest BCUT2D eigenvalue weighted by Gasteiger charge is 2.27. The van der Waals surface area contributed by atoms with Crippen molar-refractivity contribution in [2.45, 2.75) is 17.4 Å². The van der Waals surface area contributed by atoms with E-state index in [0.717, 1.165) is 20.8 Å². The Morgan fingerprint density at radius 1 is 1.05 bits per heavy atom. The first-order valence-electron chi connectivity index (χ1n) is 6.34. The Morgan fingerprint density at radius 3 is 2.38 bits per heavy atom. The van der Waals surface area contributed by atoms with Gasteiger partial charge in [-0.25, -0.2) is 0 Å². The number of rotatable bonds is 5. The van der Waals surface area contributed by atoms with Gasteiger partial charge in [-0.15, -0.1) is 0 Å². The molecule has 0 amide bonds. The van der Waals surface area contributed by atoms with E-state index in [1.807, 2.05) is 36.4 Å². The fourth-order valence-electron chi connectivity index (χ4n) is 2.09. The van der Waals surface area contributed by atoms with Gasteiger partial charge in [0.25, 0.3) is 0 Å². The first-order valence-corrected chi connectivity index (χ1v) is 8.05. The molecule has 1 atom stereocenters. The topological polar surface area (TPSA) is 9.23 Å². The lowest BCUT2D eigenvalue weighted by atomic mass is 10.0. The Labute approximate surface area is 137 Å². The molecule has 0 aliphatic carbocycles. The number of benzene rings is 2. The number of fused-ring (bicyclic) bond motifs is 1. The van der Waals surface area contributed by atoms with Gasteiger partial charge in [-0.3, -0.25) is 0 Å². The van der Waals surface area contributed by atoms with Gasteiger partial charge in [0.15, 0.2) is 0 Å². The average molecular weight is 426 g/mol. The molecule has 114 valence electrons. The van der Waals surface area contributed by atoms with Crippen LogP contribution in [-0.2, 0) is 4.74 Å². The summed E-state index contributed by atoms with van der Waals surface area (Å²) >= 11 is 7.04. The van der Waals surface area contributed by atoms with Crippen molar-refractivity contribution in [3.8, 4) is 0 Å². The van der Waals surface area contributed by atoms with E-state index in [1.54, 1.807) is 0 Å². The zero-order valence-electron chi connectivity index (χ0n) is 11.0. The van der Waals surface area contributed by atoms with Crippen molar-refractivity contribution >= 4 is 42.6 Å². The number of halogens is 5. The third-order valence-corrected chi connectivity index (χ3v) is 4.67. The van der Waals surface area contributed by atoms with Crippen LogP contribution in [0.2, 0.25) is 0 Å². The Balaban J connectivity index is 2.06. The fraction of sp³-hybridized carbons (Fsp3) is 0.333. The van der Waals surface area contributed by atoms with Gasteiger partial charge in [-0.1, -0.05) is 62.2 Å². The van der Waals surface area contributed by atoms with Gasteiger partial charge in [0.1, 0.15) is 6.61 Å². The molecule has 0 radical (unpaired) electrons. The molecule has 0 bridgehead atoms. The molecule has 2 aromatic carbocycles. The fourth-order valence-corrected chi connectivity index (χ4v) is 3.15. The predicted molar refractivity (Wildman–Crippen MR) is 84.8 cm³/mol. The Kier molecular flexibility index (Phi) is 5.68. The number of ether oxygens (including phenoxy) is 1. The molecule has 0 saturated carbocycles. The average Bonchev–Trinajstić information content (AvgIpc) is 2.43. The normalized spacial score (nSPS) is 13.6. The van der Waals surface area contributed by atoms with Gasteiger partial charge in [0.2, 0.25) is 0 Å². The summed E-state index contributed by atoms with van der Waals surface area (Å²) in [5, 5.41) is 2.15. The lowest BCUT2D eigenvalue weighted by Crippen LogP contribution is -2.17. The summed E-state index contributed by atoms with van der Waals surface area (Å²) in [4.78, 5) is -0.0521. The van der Waals surface area contributed by atoms with Crippen LogP contribution >= 0.6 is 31.9 Å². The van der Waals surface area contributed by atoms with Crippen LogP contribution in [0.1, 0.15) is 16.8 Å². The summed E-state index contributed by atoms with van der Waals surface area (Å²) < 4.78 is 41.7. The van der Waals surface area contributed by atoms with Crippen LogP contribution in [0.3, 0.4) is 0 Å². The molecule has 0 heterocycles. The van der Waals surface area contributed by atoms with Gasteiger partial charge in [0, 0.05) is 15.9 Å². The summed E-state index contributed by atoms with van der Waals surface area (Å²) in [6.07, 6.45) is -3.80. The van der Waals surface area contributed by atoms with Crippen LogP contribution in [0.25, 0.3) is 10.8 Å². The minimum absolute atomic E-state index is 0.0521. The first kappa shape index (κ1) is 16.8.